The number of allylic oxidation sites excluding steroid dienone is 6. The normalized spacial score (nSPS) is 12.4. The van der Waals surface area contributed by atoms with E-state index in [1.165, 1.54) is 238 Å². The maximum atomic E-state index is 12.3. The van der Waals surface area contributed by atoms with Gasteiger partial charge in [-0.3, -0.25) is 9.59 Å². The van der Waals surface area contributed by atoms with Gasteiger partial charge in [0.1, 0.15) is 6.61 Å². The number of esters is 2. The van der Waals surface area contributed by atoms with Crippen molar-refractivity contribution in [3.63, 3.8) is 0 Å². The first-order chi connectivity index (χ1) is 31.6. The molecule has 1 atom stereocenters. The first-order valence-electron chi connectivity index (χ1n) is 28.5. The van der Waals surface area contributed by atoms with E-state index in [0.717, 1.165) is 44.9 Å². The van der Waals surface area contributed by atoms with E-state index >= 15 is 0 Å². The van der Waals surface area contributed by atoms with E-state index in [1.54, 1.807) is 0 Å². The highest BCUT2D eigenvalue weighted by Gasteiger charge is 2.16. The van der Waals surface area contributed by atoms with E-state index in [0.29, 0.717) is 12.8 Å². The monoisotopic (exact) mass is 899 g/mol. The van der Waals surface area contributed by atoms with Crippen molar-refractivity contribution in [2.45, 2.75) is 315 Å². The summed E-state index contributed by atoms with van der Waals surface area (Å²) in [6.45, 7) is 4.17. The Labute approximate surface area is 399 Å². The molecule has 0 saturated heterocycles. The highest BCUT2D eigenvalue weighted by Crippen LogP contribution is 2.17. The largest absolute Gasteiger partial charge is 0.462 e. The van der Waals surface area contributed by atoms with Crippen LogP contribution in [0.25, 0.3) is 0 Å². The van der Waals surface area contributed by atoms with Crippen LogP contribution in [0.5, 0.6) is 0 Å². The third kappa shape index (κ3) is 52.7. The van der Waals surface area contributed by atoms with Gasteiger partial charge in [0.25, 0.3) is 0 Å². The Balaban J connectivity index is 3.45. The van der Waals surface area contributed by atoms with Crippen LogP contribution in [0, 0.1) is 0 Å². The molecule has 376 valence electrons. The molecular formula is C59H110O5. The Hall–Kier alpha value is -1.88. The summed E-state index contributed by atoms with van der Waals surface area (Å²) in [5, 5.41) is 9.65. The molecule has 0 aliphatic carbocycles. The van der Waals surface area contributed by atoms with Crippen LogP contribution in [0.4, 0.5) is 0 Å². The van der Waals surface area contributed by atoms with Crippen LogP contribution >= 0.6 is 0 Å². The fourth-order valence-electron chi connectivity index (χ4n) is 8.58. The Morgan fingerprint density at radius 1 is 0.359 bits per heavy atom. The van der Waals surface area contributed by atoms with E-state index < -0.39 is 6.10 Å². The minimum Gasteiger partial charge on any atom is -0.462 e. The lowest BCUT2D eigenvalue weighted by atomic mass is 10.0. The molecule has 64 heavy (non-hydrogen) atoms. The minimum atomic E-state index is -0.771. The zero-order valence-electron chi connectivity index (χ0n) is 43.1. The lowest BCUT2D eigenvalue weighted by Crippen LogP contribution is -2.28. The molecule has 5 nitrogen and oxygen atoms in total. The number of hydrogen-bond acceptors (Lipinski definition) is 5. The smallest absolute Gasteiger partial charge is 0.306 e. The Morgan fingerprint density at radius 3 is 0.938 bits per heavy atom. The molecule has 1 N–H and O–H groups in total. The standard InChI is InChI=1S/C59H110O5/c1-3-5-7-9-11-13-15-17-19-21-23-25-27-28-29-30-32-34-36-38-40-42-44-46-48-50-52-54-59(62)64-57(55-60)56-63-58(61)53-51-49-47-45-43-41-39-37-35-33-31-26-24-22-20-18-16-14-12-10-8-6-4-2/h15,17,21-24,57,60H,3-14,16,18-20,25-56H2,1-2H3/b17-15-,23-21-,24-22-. The molecule has 0 fully saturated rings. The van der Waals surface area contributed by atoms with E-state index in [-0.39, 0.29) is 25.2 Å². The van der Waals surface area contributed by atoms with Gasteiger partial charge >= 0.3 is 11.9 Å². The number of rotatable bonds is 53. The Kier molecular flexibility index (Phi) is 53.8. The first-order valence-corrected chi connectivity index (χ1v) is 28.5. The van der Waals surface area contributed by atoms with E-state index in [1.807, 2.05) is 0 Å². The van der Waals surface area contributed by atoms with Crippen LogP contribution in [0.2, 0.25) is 0 Å². The summed E-state index contributed by atoms with van der Waals surface area (Å²) in [6.07, 6.45) is 71.2. The van der Waals surface area contributed by atoms with Gasteiger partial charge in [0.2, 0.25) is 0 Å². The Bertz CT molecular complexity index is 1020. The number of hydrogen-bond donors (Lipinski definition) is 1. The summed E-state index contributed by atoms with van der Waals surface area (Å²) >= 11 is 0. The van der Waals surface area contributed by atoms with Crippen molar-refractivity contribution in [1.82, 2.24) is 0 Å². The predicted molar refractivity (Wildman–Crippen MR) is 279 cm³/mol. The number of carbonyl (C=O) groups is 2. The van der Waals surface area contributed by atoms with Gasteiger partial charge in [-0.05, 0) is 70.6 Å². The molecule has 0 aromatic rings. The third-order valence-electron chi connectivity index (χ3n) is 12.9. The fraction of sp³-hybridized carbons (Fsp3) is 0.864. The van der Waals surface area contributed by atoms with Crippen molar-refractivity contribution in [2.24, 2.45) is 0 Å². The summed E-state index contributed by atoms with van der Waals surface area (Å²) < 4.78 is 10.7. The van der Waals surface area contributed by atoms with Crippen molar-refractivity contribution >= 4 is 11.9 Å². The van der Waals surface area contributed by atoms with Crippen molar-refractivity contribution in [3.8, 4) is 0 Å². The van der Waals surface area contributed by atoms with Gasteiger partial charge in [-0.1, -0.05) is 262 Å². The third-order valence-corrected chi connectivity index (χ3v) is 12.9. The molecule has 0 bridgehead atoms. The summed E-state index contributed by atoms with van der Waals surface area (Å²) in [5.74, 6) is -0.576. The van der Waals surface area contributed by atoms with Crippen LogP contribution in [0.3, 0.4) is 0 Å². The van der Waals surface area contributed by atoms with Crippen LogP contribution in [0.1, 0.15) is 309 Å². The van der Waals surface area contributed by atoms with E-state index in [4.69, 9.17) is 9.47 Å². The van der Waals surface area contributed by atoms with Gasteiger partial charge in [0.15, 0.2) is 6.10 Å². The van der Waals surface area contributed by atoms with Gasteiger partial charge in [-0.2, -0.15) is 0 Å². The van der Waals surface area contributed by atoms with E-state index in [9.17, 15) is 14.7 Å². The Morgan fingerprint density at radius 2 is 0.625 bits per heavy atom. The van der Waals surface area contributed by atoms with Gasteiger partial charge in [0.05, 0.1) is 6.61 Å². The summed E-state index contributed by atoms with van der Waals surface area (Å²) in [6, 6.07) is 0. The molecule has 0 saturated carbocycles. The lowest BCUT2D eigenvalue weighted by molar-refractivity contribution is -0.161. The number of ether oxygens (including phenoxy) is 2. The molecule has 0 heterocycles. The lowest BCUT2D eigenvalue weighted by Gasteiger charge is -2.15. The van der Waals surface area contributed by atoms with Crippen molar-refractivity contribution in [3.05, 3.63) is 36.5 Å². The predicted octanol–water partition coefficient (Wildman–Crippen LogP) is 19.1. The summed E-state index contributed by atoms with van der Waals surface area (Å²) in [7, 11) is 0. The number of carbonyl (C=O) groups excluding carboxylic acids is 2. The molecule has 0 rings (SSSR count). The number of aliphatic hydroxyl groups is 1. The quantitative estimate of drug-likeness (QED) is 0.0374. The summed E-state index contributed by atoms with van der Waals surface area (Å²) in [5.41, 5.74) is 0. The average Bonchev–Trinajstić information content (AvgIpc) is 3.30. The molecule has 0 aromatic heterocycles. The molecule has 5 heteroatoms. The van der Waals surface area contributed by atoms with Gasteiger partial charge in [-0.15, -0.1) is 0 Å². The zero-order chi connectivity index (χ0) is 46.3. The SMILES string of the molecule is CCCCCCC/C=C\C/C=C\CCCCCCCCCCCCCCCCCC(=O)OC(CO)COC(=O)CCCCCCCCCCCCC/C=C\CCCCCCCCCC. The molecule has 0 spiro atoms. The second-order valence-electron chi connectivity index (χ2n) is 19.4. The molecule has 1 unspecified atom stereocenters. The molecule has 0 aromatic carbocycles. The van der Waals surface area contributed by atoms with Crippen LogP contribution in [-0.4, -0.2) is 36.4 Å². The fourth-order valence-corrected chi connectivity index (χ4v) is 8.58. The molecular weight excluding hydrogens is 789 g/mol. The molecule has 0 aliphatic heterocycles. The van der Waals surface area contributed by atoms with Crippen molar-refractivity contribution < 1.29 is 24.2 Å². The highest BCUT2D eigenvalue weighted by atomic mass is 16.6. The van der Waals surface area contributed by atoms with Crippen LogP contribution in [0.15, 0.2) is 36.5 Å². The van der Waals surface area contributed by atoms with Crippen molar-refractivity contribution in [1.29, 1.82) is 0 Å². The molecule has 0 aliphatic rings. The minimum absolute atomic E-state index is 0.0624. The van der Waals surface area contributed by atoms with Gasteiger partial charge in [0, 0.05) is 12.8 Å². The second kappa shape index (κ2) is 55.4. The second-order valence-corrected chi connectivity index (χ2v) is 19.4. The van der Waals surface area contributed by atoms with Gasteiger partial charge < -0.3 is 14.6 Å². The van der Waals surface area contributed by atoms with E-state index in [2.05, 4.69) is 50.3 Å². The van der Waals surface area contributed by atoms with Gasteiger partial charge in [-0.25, -0.2) is 0 Å². The van der Waals surface area contributed by atoms with Crippen molar-refractivity contribution in [2.75, 3.05) is 13.2 Å². The average molecular weight is 900 g/mol. The highest BCUT2D eigenvalue weighted by molar-refractivity contribution is 5.70. The number of aliphatic hydroxyl groups excluding tert-OH is 1. The molecule has 0 amide bonds. The maximum absolute atomic E-state index is 12.3. The van der Waals surface area contributed by atoms with Crippen LogP contribution in [-0.2, 0) is 19.1 Å². The maximum Gasteiger partial charge on any atom is 0.306 e. The topological polar surface area (TPSA) is 72.8 Å². The summed E-state index contributed by atoms with van der Waals surface area (Å²) in [4.78, 5) is 24.5. The van der Waals surface area contributed by atoms with Crippen LogP contribution < -0.4 is 0 Å². The first kappa shape index (κ1) is 62.1. The number of unbranched alkanes of at least 4 members (excludes halogenated alkanes) is 39. The molecule has 0 radical (unpaired) electrons. The zero-order valence-corrected chi connectivity index (χ0v) is 43.1.